The topological polar surface area (TPSA) is 37.3 Å². The molecule has 4 aliphatic carbocycles. The first-order chi connectivity index (χ1) is 13.0. The normalized spacial score (nSPS) is 35.9. The van der Waals surface area contributed by atoms with E-state index in [1.165, 1.54) is 6.42 Å². The first-order valence-electron chi connectivity index (χ1n) is 10.1. The summed E-state index contributed by atoms with van der Waals surface area (Å²) in [6, 6.07) is 17.9. The maximum atomic E-state index is 16.4. The molecule has 4 aliphatic rings. The van der Waals surface area contributed by atoms with Crippen molar-refractivity contribution in [1.29, 1.82) is 0 Å². The predicted octanol–water partition coefficient (Wildman–Crippen LogP) is 4.48. The van der Waals surface area contributed by atoms with Gasteiger partial charge < -0.3 is 9.67 Å². The molecular formula is C23H26FO2P. The third-order valence-electron chi connectivity index (χ3n) is 7.43. The Kier molecular flexibility index (Phi) is 4.11. The van der Waals surface area contributed by atoms with Crippen molar-refractivity contribution in [2.45, 2.75) is 43.6 Å². The molecule has 1 N–H and O–H groups in total. The van der Waals surface area contributed by atoms with Crippen LogP contribution in [-0.2, 0) is 4.57 Å². The van der Waals surface area contributed by atoms with Crippen molar-refractivity contribution in [2.75, 3.05) is 0 Å². The molecule has 2 aromatic carbocycles. The standard InChI is InChI=1S/C23H26FO2P/c24-22(23(25)18-12-16-11-17(14-18)15-19(23)13-16)27(26,20-7-3-1-4-8-20)21-9-5-2-6-10-21/h1-10,16-19,22,25H,11-15H2/t16?,17?,18?,19?,22-,23?/m1/s1. The van der Waals surface area contributed by atoms with Gasteiger partial charge in [-0.2, -0.15) is 0 Å². The number of benzene rings is 2. The lowest BCUT2D eigenvalue weighted by Gasteiger charge is -2.60. The van der Waals surface area contributed by atoms with Gasteiger partial charge in [0, 0.05) is 10.6 Å². The van der Waals surface area contributed by atoms with Crippen molar-refractivity contribution in [3.63, 3.8) is 0 Å². The molecule has 4 fully saturated rings. The third-order valence-corrected chi connectivity index (χ3v) is 10.6. The van der Waals surface area contributed by atoms with Crippen LogP contribution in [0, 0.1) is 23.7 Å². The molecule has 6 rings (SSSR count). The molecular weight excluding hydrogens is 358 g/mol. The number of aliphatic hydroxyl groups is 1. The lowest BCUT2D eigenvalue weighted by Crippen LogP contribution is -2.63. The number of alkyl halides is 1. The van der Waals surface area contributed by atoms with Gasteiger partial charge in [0.1, 0.15) is 5.60 Å². The van der Waals surface area contributed by atoms with Crippen molar-refractivity contribution < 1.29 is 14.1 Å². The molecule has 0 heterocycles. The molecule has 0 spiro atoms. The van der Waals surface area contributed by atoms with E-state index in [1.54, 1.807) is 48.5 Å². The fraction of sp³-hybridized carbons (Fsp3) is 0.478. The second-order valence-corrected chi connectivity index (χ2v) is 11.7. The van der Waals surface area contributed by atoms with Gasteiger partial charge in [-0.25, -0.2) is 4.39 Å². The van der Waals surface area contributed by atoms with Gasteiger partial charge >= 0.3 is 0 Å². The summed E-state index contributed by atoms with van der Waals surface area (Å²) >= 11 is 0. The van der Waals surface area contributed by atoms with Crippen molar-refractivity contribution in [1.82, 2.24) is 0 Å². The molecule has 0 radical (unpaired) electrons. The van der Waals surface area contributed by atoms with E-state index in [2.05, 4.69) is 0 Å². The van der Waals surface area contributed by atoms with Crippen LogP contribution in [0.2, 0.25) is 0 Å². The van der Waals surface area contributed by atoms with Crippen LogP contribution in [0.4, 0.5) is 4.39 Å². The molecule has 4 bridgehead atoms. The third kappa shape index (κ3) is 2.51. The summed E-state index contributed by atoms with van der Waals surface area (Å²) in [6.07, 6.45) is 4.76. The Morgan fingerprint density at radius 3 is 1.63 bits per heavy atom. The molecule has 27 heavy (non-hydrogen) atoms. The van der Waals surface area contributed by atoms with E-state index in [4.69, 9.17) is 0 Å². The zero-order valence-electron chi connectivity index (χ0n) is 15.4. The molecule has 0 amide bonds. The van der Waals surface area contributed by atoms with Gasteiger partial charge in [-0.1, -0.05) is 60.7 Å². The van der Waals surface area contributed by atoms with E-state index in [9.17, 15) is 9.67 Å². The van der Waals surface area contributed by atoms with Gasteiger partial charge in [0.15, 0.2) is 13.1 Å². The van der Waals surface area contributed by atoms with Crippen LogP contribution in [0.1, 0.15) is 32.1 Å². The zero-order chi connectivity index (χ0) is 18.6. The van der Waals surface area contributed by atoms with Crippen LogP contribution in [0.3, 0.4) is 0 Å². The monoisotopic (exact) mass is 384 g/mol. The Balaban J connectivity index is 1.64. The Hall–Kier alpha value is -1.44. The van der Waals surface area contributed by atoms with Crippen LogP contribution in [0.5, 0.6) is 0 Å². The largest absolute Gasteiger partial charge is 0.386 e. The number of hydrogen-bond donors (Lipinski definition) is 1. The highest BCUT2D eigenvalue weighted by Gasteiger charge is 2.64. The van der Waals surface area contributed by atoms with E-state index < -0.39 is 18.7 Å². The number of rotatable bonds is 4. The summed E-state index contributed by atoms with van der Waals surface area (Å²) in [5, 5.41) is 12.8. The minimum absolute atomic E-state index is 0.0653. The highest BCUT2D eigenvalue weighted by Crippen LogP contribution is 2.65. The van der Waals surface area contributed by atoms with Gasteiger partial charge in [0.05, 0.1) is 0 Å². The minimum atomic E-state index is -3.62. The molecule has 0 unspecified atom stereocenters. The molecule has 142 valence electrons. The Bertz CT molecular complexity index is 795. The Morgan fingerprint density at radius 2 is 1.22 bits per heavy atom. The molecule has 1 atom stereocenters. The number of hydrogen-bond acceptors (Lipinski definition) is 2. The molecule has 0 saturated heterocycles. The molecule has 4 heteroatoms. The van der Waals surface area contributed by atoms with Crippen molar-refractivity contribution >= 4 is 17.8 Å². The van der Waals surface area contributed by atoms with E-state index in [-0.39, 0.29) is 11.8 Å². The van der Waals surface area contributed by atoms with E-state index in [0.29, 0.717) is 22.4 Å². The molecule has 2 nitrogen and oxygen atoms in total. The molecule has 0 aliphatic heterocycles. The van der Waals surface area contributed by atoms with Crippen LogP contribution >= 0.6 is 7.14 Å². The van der Waals surface area contributed by atoms with Crippen LogP contribution < -0.4 is 10.6 Å². The average molecular weight is 384 g/mol. The molecule has 4 saturated carbocycles. The van der Waals surface area contributed by atoms with Crippen molar-refractivity contribution in [3.8, 4) is 0 Å². The van der Waals surface area contributed by atoms with E-state index in [0.717, 1.165) is 25.7 Å². The fourth-order valence-corrected chi connectivity index (χ4v) is 9.38. The highest BCUT2D eigenvalue weighted by molar-refractivity contribution is 7.79. The highest BCUT2D eigenvalue weighted by atomic mass is 31.2. The SMILES string of the molecule is O=P(c1ccccc1)(c1ccccc1)[C@@H](F)C1(O)C2CC3CC(C2)CC1C3. The van der Waals surface area contributed by atoms with Crippen LogP contribution in [0.25, 0.3) is 0 Å². The summed E-state index contributed by atoms with van der Waals surface area (Å²) in [7, 11) is -3.62. The van der Waals surface area contributed by atoms with Crippen LogP contribution in [0.15, 0.2) is 60.7 Å². The van der Waals surface area contributed by atoms with Crippen LogP contribution in [-0.4, -0.2) is 16.6 Å². The first kappa shape index (κ1) is 17.6. The summed E-state index contributed by atoms with van der Waals surface area (Å²) in [4.78, 5) is 0. The lowest BCUT2D eigenvalue weighted by molar-refractivity contribution is -0.189. The second-order valence-electron chi connectivity index (χ2n) is 8.86. The second kappa shape index (κ2) is 6.29. The molecule has 2 aromatic rings. The quantitative estimate of drug-likeness (QED) is 0.789. The Morgan fingerprint density at radius 1 is 0.815 bits per heavy atom. The minimum Gasteiger partial charge on any atom is -0.386 e. The van der Waals surface area contributed by atoms with Crippen molar-refractivity contribution in [2.24, 2.45) is 23.7 Å². The maximum Gasteiger partial charge on any atom is 0.189 e. The maximum absolute atomic E-state index is 16.4. The summed E-state index contributed by atoms with van der Waals surface area (Å²) in [5.41, 5.74) is -1.48. The van der Waals surface area contributed by atoms with Gasteiger partial charge in [0.2, 0.25) is 0 Å². The predicted molar refractivity (Wildman–Crippen MR) is 107 cm³/mol. The van der Waals surface area contributed by atoms with Crippen molar-refractivity contribution in [3.05, 3.63) is 60.7 Å². The van der Waals surface area contributed by atoms with Gasteiger partial charge in [-0.3, -0.25) is 0 Å². The summed E-state index contributed by atoms with van der Waals surface area (Å²) in [5.74, 6) is -0.653. The first-order valence-corrected chi connectivity index (χ1v) is 11.9. The van der Waals surface area contributed by atoms with E-state index in [1.807, 2.05) is 12.1 Å². The number of halogens is 1. The average Bonchev–Trinajstić information content (AvgIpc) is 2.71. The molecule has 0 aromatic heterocycles. The van der Waals surface area contributed by atoms with Gasteiger partial charge in [-0.15, -0.1) is 0 Å². The lowest BCUT2D eigenvalue weighted by atomic mass is 9.50. The fourth-order valence-electron chi connectivity index (χ4n) is 6.33. The van der Waals surface area contributed by atoms with Gasteiger partial charge in [0.25, 0.3) is 0 Å². The Labute approximate surface area is 160 Å². The smallest absolute Gasteiger partial charge is 0.189 e. The van der Waals surface area contributed by atoms with Gasteiger partial charge in [-0.05, 0) is 55.8 Å². The zero-order valence-corrected chi connectivity index (χ0v) is 16.3. The summed E-state index contributed by atoms with van der Waals surface area (Å²) < 4.78 is 30.9. The van der Waals surface area contributed by atoms with E-state index >= 15 is 4.39 Å². The summed E-state index contributed by atoms with van der Waals surface area (Å²) in [6.45, 7) is 0.